The summed E-state index contributed by atoms with van der Waals surface area (Å²) in [6.45, 7) is 1.50. The van der Waals surface area contributed by atoms with Gasteiger partial charge in [-0.05, 0) is 66.1 Å². The standard InChI is InChI=1S/C26H23N3O3S/c1-14(30)27-18-10-8-15-12-22(32-2)25-26(29-20-7-5-4-6-19(20)28-25)24(15)16-9-11-23(33-3)21(31)13-17(16)18/h4-7,9,11-13,18H,8,10H2,1-3H3,(H,27,30). The second kappa shape index (κ2) is 8.48. The van der Waals surface area contributed by atoms with E-state index in [0.717, 1.165) is 38.8 Å². The predicted octanol–water partition coefficient (Wildman–Crippen LogP) is 4.66. The minimum absolute atomic E-state index is 0.0584. The van der Waals surface area contributed by atoms with Crippen molar-refractivity contribution < 1.29 is 9.53 Å². The number of hydrogen-bond acceptors (Lipinski definition) is 6. The quantitative estimate of drug-likeness (QED) is 0.356. The van der Waals surface area contributed by atoms with E-state index in [0.29, 0.717) is 29.0 Å². The number of nitrogens with zero attached hydrogens (tertiary/aromatic N) is 2. The monoisotopic (exact) mass is 457 g/mol. The maximum absolute atomic E-state index is 12.9. The summed E-state index contributed by atoms with van der Waals surface area (Å²) in [4.78, 5) is 35.5. The molecule has 0 fully saturated rings. The smallest absolute Gasteiger partial charge is 0.217 e. The summed E-state index contributed by atoms with van der Waals surface area (Å²) in [5, 5.41) is 3.05. The largest absolute Gasteiger partial charge is 0.494 e. The molecule has 0 saturated carbocycles. The van der Waals surface area contributed by atoms with Crippen molar-refractivity contribution in [1.29, 1.82) is 0 Å². The number of carbonyl (C=O) groups is 1. The van der Waals surface area contributed by atoms with Gasteiger partial charge in [0, 0.05) is 12.5 Å². The van der Waals surface area contributed by atoms with Crippen LogP contribution in [-0.2, 0) is 11.2 Å². The molecule has 1 N–H and O–H groups in total. The van der Waals surface area contributed by atoms with Crippen molar-refractivity contribution in [3.8, 4) is 16.9 Å². The van der Waals surface area contributed by atoms with Crippen LogP contribution in [0.2, 0.25) is 0 Å². The molecular weight excluding hydrogens is 434 g/mol. The van der Waals surface area contributed by atoms with Crippen LogP contribution >= 0.6 is 11.8 Å². The molecule has 3 aromatic carbocycles. The predicted molar refractivity (Wildman–Crippen MR) is 132 cm³/mol. The minimum Gasteiger partial charge on any atom is -0.494 e. The third kappa shape index (κ3) is 3.72. The Labute approximate surface area is 195 Å². The number of ether oxygens (including phenoxy) is 1. The molecule has 0 radical (unpaired) electrons. The first-order chi connectivity index (χ1) is 16.0. The Morgan fingerprint density at radius 2 is 1.82 bits per heavy atom. The van der Waals surface area contributed by atoms with Crippen molar-refractivity contribution in [3.63, 3.8) is 0 Å². The molecule has 0 bridgehead atoms. The van der Waals surface area contributed by atoms with Crippen LogP contribution in [0.1, 0.15) is 30.5 Å². The molecule has 5 rings (SSSR count). The normalized spacial score (nSPS) is 14.9. The van der Waals surface area contributed by atoms with Gasteiger partial charge in [0.25, 0.3) is 0 Å². The first-order valence-electron chi connectivity index (χ1n) is 10.8. The molecule has 1 atom stereocenters. The number of hydrogen-bond donors (Lipinski definition) is 1. The Morgan fingerprint density at radius 1 is 1.09 bits per heavy atom. The summed E-state index contributed by atoms with van der Waals surface area (Å²) in [6.07, 6.45) is 3.25. The van der Waals surface area contributed by atoms with Gasteiger partial charge in [-0.1, -0.05) is 18.2 Å². The molecule has 166 valence electrons. The number of aromatic nitrogens is 2. The van der Waals surface area contributed by atoms with Gasteiger partial charge in [-0.25, -0.2) is 9.97 Å². The lowest BCUT2D eigenvalue weighted by Gasteiger charge is -2.17. The second-order valence-electron chi connectivity index (χ2n) is 8.09. The molecule has 4 aromatic rings. The van der Waals surface area contributed by atoms with E-state index in [1.807, 2.05) is 48.7 Å². The fraction of sp³-hybridized carbons (Fsp3) is 0.231. The SMILES string of the molecule is COc1cc2c(c3nc4ccccc4nc13)-c1ccc(SC)c(=O)cc1C(NC(C)=O)CC2. The topological polar surface area (TPSA) is 81.2 Å². The highest BCUT2D eigenvalue weighted by Gasteiger charge is 2.27. The average Bonchev–Trinajstić information content (AvgIpc) is 3.05. The van der Waals surface area contributed by atoms with Crippen molar-refractivity contribution in [2.45, 2.75) is 30.7 Å². The van der Waals surface area contributed by atoms with Gasteiger partial charge in [0.05, 0.1) is 29.1 Å². The van der Waals surface area contributed by atoms with Gasteiger partial charge in [0.2, 0.25) is 5.91 Å². The highest BCUT2D eigenvalue weighted by molar-refractivity contribution is 7.98. The van der Waals surface area contributed by atoms with Gasteiger partial charge in [-0.3, -0.25) is 9.59 Å². The Morgan fingerprint density at radius 3 is 2.48 bits per heavy atom. The molecule has 1 amide bonds. The zero-order valence-electron chi connectivity index (χ0n) is 18.6. The summed E-state index contributed by atoms with van der Waals surface area (Å²) in [5.74, 6) is 0.533. The number of thioether (sulfide) groups is 1. The second-order valence-corrected chi connectivity index (χ2v) is 8.94. The average molecular weight is 458 g/mol. The molecule has 0 aliphatic heterocycles. The molecule has 33 heavy (non-hydrogen) atoms. The number of nitrogens with one attached hydrogen (secondary N) is 1. The van der Waals surface area contributed by atoms with E-state index < -0.39 is 0 Å². The van der Waals surface area contributed by atoms with Crippen LogP contribution in [0.3, 0.4) is 0 Å². The first kappa shape index (κ1) is 21.4. The van der Waals surface area contributed by atoms with Crippen molar-refractivity contribution >= 4 is 39.7 Å². The number of para-hydroxylation sites is 2. The number of benzene rings is 2. The maximum atomic E-state index is 12.9. The summed E-state index contributed by atoms with van der Waals surface area (Å²) >= 11 is 1.41. The summed E-state index contributed by atoms with van der Waals surface area (Å²) < 4.78 is 5.71. The molecule has 6 nitrogen and oxygen atoms in total. The van der Waals surface area contributed by atoms with E-state index in [1.165, 1.54) is 18.7 Å². The number of fused-ring (bicyclic) bond motifs is 6. The Balaban J connectivity index is 1.92. The third-order valence-electron chi connectivity index (χ3n) is 6.07. The van der Waals surface area contributed by atoms with Gasteiger partial charge in [-0.15, -0.1) is 11.8 Å². The van der Waals surface area contributed by atoms with Crippen LogP contribution in [0.15, 0.2) is 58.2 Å². The molecule has 1 aromatic heterocycles. The summed E-state index contributed by atoms with van der Waals surface area (Å²) in [7, 11) is 1.64. The fourth-order valence-electron chi connectivity index (χ4n) is 4.61. The first-order valence-corrected chi connectivity index (χ1v) is 12.0. The number of carbonyl (C=O) groups excluding carboxylic acids is 1. The number of amides is 1. The molecule has 7 heteroatoms. The Hall–Kier alpha value is -3.45. The van der Waals surface area contributed by atoms with Crippen LogP contribution in [0, 0.1) is 0 Å². The molecule has 0 saturated heterocycles. The van der Waals surface area contributed by atoms with E-state index in [4.69, 9.17) is 14.7 Å². The van der Waals surface area contributed by atoms with Gasteiger partial charge in [0.1, 0.15) is 16.8 Å². The van der Waals surface area contributed by atoms with Crippen LogP contribution in [0.25, 0.3) is 33.2 Å². The van der Waals surface area contributed by atoms with E-state index in [-0.39, 0.29) is 17.4 Å². The molecule has 1 unspecified atom stereocenters. The zero-order valence-corrected chi connectivity index (χ0v) is 19.5. The fourth-order valence-corrected chi connectivity index (χ4v) is 5.08. The Bertz CT molecular complexity index is 1490. The van der Waals surface area contributed by atoms with Crippen molar-refractivity contribution in [2.24, 2.45) is 0 Å². The lowest BCUT2D eigenvalue weighted by Crippen LogP contribution is -2.26. The number of aryl methyl sites for hydroxylation is 1. The molecule has 0 spiro atoms. The van der Waals surface area contributed by atoms with E-state index in [9.17, 15) is 9.59 Å². The number of rotatable bonds is 3. The Kier molecular flexibility index (Phi) is 5.50. The highest BCUT2D eigenvalue weighted by atomic mass is 32.2. The summed E-state index contributed by atoms with van der Waals surface area (Å²) in [5.41, 5.74) is 6.62. The van der Waals surface area contributed by atoms with Crippen LogP contribution in [-0.4, -0.2) is 29.2 Å². The lowest BCUT2D eigenvalue weighted by atomic mass is 9.95. The molecule has 1 aliphatic rings. The van der Waals surface area contributed by atoms with Gasteiger partial charge in [-0.2, -0.15) is 0 Å². The van der Waals surface area contributed by atoms with Crippen molar-refractivity contribution in [3.05, 3.63) is 69.9 Å². The van der Waals surface area contributed by atoms with Gasteiger partial charge >= 0.3 is 0 Å². The van der Waals surface area contributed by atoms with E-state index in [1.54, 1.807) is 13.2 Å². The van der Waals surface area contributed by atoms with E-state index >= 15 is 0 Å². The zero-order chi connectivity index (χ0) is 23.1. The molecule has 1 aliphatic carbocycles. The van der Waals surface area contributed by atoms with Crippen LogP contribution < -0.4 is 15.5 Å². The summed E-state index contributed by atoms with van der Waals surface area (Å²) in [6, 6.07) is 15.0. The van der Waals surface area contributed by atoms with E-state index in [2.05, 4.69) is 5.32 Å². The van der Waals surface area contributed by atoms with Gasteiger partial charge in [0.15, 0.2) is 5.43 Å². The minimum atomic E-state index is -0.283. The number of methoxy groups -OCH3 is 1. The lowest BCUT2D eigenvalue weighted by molar-refractivity contribution is -0.119. The molecule has 1 heterocycles. The molecular formula is C26H23N3O3S. The van der Waals surface area contributed by atoms with Gasteiger partial charge < -0.3 is 10.1 Å². The van der Waals surface area contributed by atoms with Crippen LogP contribution in [0.5, 0.6) is 5.75 Å². The van der Waals surface area contributed by atoms with Crippen molar-refractivity contribution in [2.75, 3.05) is 13.4 Å². The third-order valence-corrected chi connectivity index (χ3v) is 6.85. The van der Waals surface area contributed by atoms with Crippen molar-refractivity contribution in [1.82, 2.24) is 15.3 Å². The highest BCUT2D eigenvalue weighted by Crippen LogP contribution is 2.43. The maximum Gasteiger partial charge on any atom is 0.217 e. The van der Waals surface area contributed by atoms with Crippen LogP contribution in [0.4, 0.5) is 0 Å².